The summed E-state index contributed by atoms with van der Waals surface area (Å²) in [6.45, 7) is 2.80. The fourth-order valence-corrected chi connectivity index (χ4v) is 5.93. The summed E-state index contributed by atoms with van der Waals surface area (Å²) < 4.78 is 15.7. The number of rotatable bonds is 4. The van der Waals surface area contributed by atoms with Crippen LogP contribution in [0.3, 0.4) is 0 Å². The van der Waals surface area contributed by atoms with Gasteiger partial charge in [-0.1, -0.05) is 0 Å². The van der Waals surface area contributed by atoms with Gasteiger partial charge in [0, 0.05) is 36.5 Å². The van der Waals surface area contributed by atoms with E-state index in [2.05, 4.69) is 16.2 Å². The summed E-state index contributed by atoms with van der Waals surface area (Å²) >= 11 is 0. The van der Waals surface area contributed by atoms with Gasteiger partial charge in [-0.05, 0) is 61.4 Å². The molecule has 1 unspecified atom stereocenters. The minimum Gasteiger partial charge on any atom is -0.272 e. The highest BCUT2D eigenvalue weighted by Gasteiger charge is 2.72. The number of carbonyl (C=O) groups is 1. The average Bonchev–Trinajstić information content (AvgIpc) is 3.34. The van der Waals surface area contributed by atoms with E-state index >= 15 is 0 Å². The molecule has 160 valence electrons. The number of nitriles is 1. The predicted molar refractivity (Wildman–Crippen MR) is 115 cm³/mol. The number of carbonyl (C=O) groups excluding carboxylic acids is 1. The molecule has 8 heteroatoms. The monoisotopic (exact) mass is 428 g/mol. The third-order valence-corrected chi connectivity index (χ3v) is 7.36. The smallest absolute Gasteiger partial charge is 0.249 e. The Labute approximate surface area is 184 Å². The maximum Gasteiger partial charge on any atom is 0.249 e. The van der Waals surface area contributed by atoms with Crippen molar-refractivity contribution in [2.75, 3.05) is 0 Å². The number of nitrogens with zero attached hydrogens (tertiary/aromatic N) is 6. The molecule has 32 heavy (non-hydrogen) atoms. The van der Waals surface area contributed by atoms with Gasteiger partial charge in [-0.15, -0.1) is 0 Å². The van der Waals surface area contributed by atoms with Crippen LogP contribution in [0.4, 0.5) is 4.39 Å². The molecule has 2 aromatic heterocycles. The summed E-state index contributed by atoms with van der Waals surface area (Å²) in [6.07, 6.45) is 7.52. The van der Waals surface area contributed by atoms with Crippen molar-refractivity contribution in [3.63, 3.8) is 0 Å². The van der Waals surface area contributed by atoms with E-state index in [-0.39, 0.29) is 22.8 Å². The number of hydrogen-bond donors (Lipinski definition) is 0. The lowest BCUT2D eigenvalue weighted by molar-refractivity contribution is -0.223. The Morgan fingerprint density at radius 1 is 1.28 bits per heavy atom. The van der Waals surface area contributed by atoms with Crippen LogP contribution in [0, 0.1) is 34.9 Å². The Kier molecular flexibility index (Phi) is 3.85. The molecule has 0 saturated heterocycles. The van der Waals surface area contributed by atoms with Crippen LogP contribution < -0.4 is 0 Å². The second-order valence-electron chi connectivity index (χ2n) is 9.53. The normalized spacial score (nSPS) is 27.8. The highest BCUT2D eigenvalue weighted by Crippen LogP contribution is 2.74. The number of amides is 1. The van der Waals surface area contributed by atoms with E-state index in [0.29, 0.717) is 17.5 Å². The Morgan fingerprint density at radius 2 is 2.09 bits per heavy atom. The SMILES string of the molecule is Cc1c2cc(C#N)ccc2nn1CC12CC(C(=O)N3N=CCC3c3cncc(F)c3)(C1)C2. The lowest BCUT2D eigenvalue weighted by Gasteiger charge is -2.69. The predicted octanol–water partition coefficient (Wildman–Crippen LogP) is 3.88. The number of fused-ring (bicyclic) bond motifs is 1. The number of benzene rings is 1. The van der Waals surface area contributed by atoms with Crippen LogP contribution >= 0.6 is 0 Å². The molecule has 0 radical (unpaired) electrons. The zero-order chi connectivity index (χ0) is 22.1. The zero-order valence-corrected chi connectivity index (χ0v) is 17.6. The first kappa shape index (κ1) is 19.1. The van der Waals surface area contributed by atoms with Crippen LogP contribution in [0.5, 0.6) is 0 Å². The van der Waals surface area contributed by atoms with Crippen molar-refractivity contribution in [2.45, 2.75) is 45.2 Å². The van der Waals surface area contributed by atoms with Crippen LogP contribution in [-0.2, 0) is 11.3 Å². The zero-order valence-electron chi connectivity index (χ0n) is 17.6. The van der Waals surface area contributed by atoms with Gasteiger partial charge >= 0.3 is 0 Å². The average molecular weight is 428 g/mol. The molecule has 0 spiro atoms. The van der Waals surface area contributed by atoms with Crippen LogP contribution in [-0.4, -0.2) is 31.9 Å². The first-order chi connectivity index (χ1) is 15.4. The molecule has 3 heterocycles. The quantitative estimate of drug-likeness (QED) is 0.631. The molecule has 0 N–H and O–H groups in total. The molecule has 7 rings (SSSR count). The first-order valence-electron chi connectivity index (χ1n) is 10.8. The first-order valence-corrected chi connectivity index (χ1v) is 10.8. The summed E-state index contributed by atoms with van der Waals surface area (Å²) in [5.41, 5.74) is 2.95. The maximum absolute atomic E-state index is 13.6. The van der Waals surface area contributed by atoms with Gasteiger partial charge in [0.2, 0.25) is 5.91 Å². The number of pyridine rings is 1. The molecular formula is C24H21FN6O. The number of aryl methyl sites for hydroxylation is 1. The van der Waals surface area contributed by atoms with Crippen molar-refractivity contribution < 1.29 is 9.18 Å². The van der Waals surface area contributed by atoms with Gasteiger partial charge in [0.25, 0.3) is 0 Å². The highest BCUT2D eigenvalue weighted by atomic mass is 19.1. The van der Waals surface area contributed by atoms with Crippen LogP contribution in [0.15, 0.2) is 41.8 Å². The van der Waals surface area contributed by atoms with Gasteiger partial charge in [-0.3, -0.25) is 14.5 Å². The molecule has 1 atom stereocenters. The van der Waals surface area contributed by atoms with E-state index in [1.165, 1.54) is 11.1 Å². The van der Waals surface area contributed by atoms with Crippen molar-refractivity contribution in [3.05, 3.63) is 59.3 Å². The largest absolute Gasteiger partial charge is 0.272 e. The van der Waals surface area contributed by atoms with Crippen molar-refractivity contribution in [3.8, 4) is 6.07 Å². The van der Waals surface area contributed by atoms with Crippen molar-refractivity contribution in [1.29, 1.82) is 5.26 Å². The fourth-order valence-electron chi connectivity index (χ4n) is 5.93. The molecule has 1 aromatic carbocycles. The van der Waals surface area contributed by atoms with E-state index in [1.807, 2.05) is 23.7 Å². The van der Waals surface area contributed by atoms with Gasteiger partial charge in [0.05, 0.1) is 34.8 Å². The lowest BCUT2D eigenvalue weighted by Crippen LogP contribution is -2.68. The van der Waals surface area contributed by atoms with Gasteiger partial charge in [0.1, 0.15) is 5.82 Å². The van der Waals surface area contributed by atoms with E-state index in [9.17, 15) is 9.18 Å². The highest BCUT2D eigenvalue weighted by molar-refractivity contribution is 5.88. The minimum absolute atomic E-state index is 0.0309. The standard InChI is InChI=1S/C24H21FN6O/c1-15-19-6-16(8-26)2-3-20(19)29-30(15)14-23-11-24(12-23,13-23)22(32)31-21(4-5-28-31)17-7-18(25)10-27-9-17/h2-3,5-7,9-10,21H,4,11-14H2,1H3. The molecule has 4 aliphatic rings. The Morgan fingerprint density at radius 3 is 2.84 bits per heavy atom. The fraction of sp³-hybridized carbons (Fsp3) is 0.375. The molecule has 3 saturated carbocycles. The molecule has 3 aliphatic carbocycles. The lowest BCUT2D eigenvalue weighted by atomic mass is 9.34. The Balaban J connectivity index is 1.18. The second kappa shape index (κ2) is 6.45. The van der Waals surface area contributed by atoms with Gasteiger partial charge in [-0.25, -0.2) is 9.40 Å². The molecular weight excluding hydrogens is 407 g/mol. The van der Waals surface area contributed by atoms with Gasteiger partial charge in [0.15, 0.2) is 0 Å². The number of hydrazone groups is 1. The molecule has 1 aliphatic heterocycles. The Hall–Kier alpha value is -3.60. The summed E-state index contributed by atoms with van der Waals surface area (Å²) in [6, 6.07) is 8.88. The molecule has 7 nitrogen and oxygen atoms in total. The molecule has 3 fully saturated rings. The van der Waals surface area contributed by atoms with Crippen molar-refractivity contribution in [2.24, 2.45) is 15.9 Å². The maximum atomic E-state index is 13.6. The summed E-state index contributed by atoms with van der Waals surface area (Å²) in [5, 5.41) is 20.8. The topological polar surface area (TPSA) is 87.2 Å². The number of hydrogen-bond acceptors (Lipinski definition) is 5. The summed E-state index contributed by atoms with van der Waals surface area (Å²) in [5.74, 6) is -0.376. The summed E-state index contributed by atoms with van der Waals surface area (Å²) in [4.78, 5) is 17.3. The second-order valence-corrected chi connectivity index (χ2v) is 9.53. The van der Waals surface area contributed by atoms with E-state index in [4.69, 9.17) is 10.4 Å². The Bertz CT molecular complexity index is 1330. The van der Waals surface area contributed by atoms with Crippen LogP contribution in [0.25, 0.3) is 10.9 Å². The van der Waals surface area contributed by atoms with Crippen molar-refractivity contribution in [1.82, 2.24) is 19.8 Å². The number of aromatic nitrogens is 3. The third kappa shape index (κ3) is 2.63. The van der Waals surface area contributed by atoms with Crippen LogP contribution in [0.1, 0.15) is 48.5 Å². The van der Waals surface area contributed by atoms with E-state index < -0.39 is 5.82 Å². The summed E-state index contributed by atoms with van der Waals surface area (Å²) in [7, 11) is 0. The molecule has 3 aromatic rings. The minimum atomic E-state index is -0.407. The van der Waals surface area contributed by atoms with Crippen LogP contribution in [0.2, 0.25) is 0 Å². The van der Waals surface area contributed by atoms with Crippen molar-refractivity contribution >= 4 is 23.0 Å². The van der Waals surface area contributed by atoms with E-state index in [0.717, 1.165) is 48.6 Å². The van der Waals surface area contributed by atoms with E-state index in [1.54, 1.807) is 18.5 Å². The van der Waals surface area contributed by atoms with Gasteiger partial charge in [-0.2, -0.15) is 15.5 Å². The molecule has 1 amide bonds. The molecule has 2 bridgehead atoms. The van der Waals surface area contributed by atoms with Gasteiger partial charge < -0.3 is 0 Å². The third-order valence-electron chi connectivity index (χ3n) is 7.36. The number of halogens is 1.